The molecule has 2 rings (SSSR count). The summed E-state index contributed by atoms with van der Waals surface area (Å²) in [6.07, 6.45) is 3.19. The first-order chi connectivity index (χ1) is 8.06. The zero-order valence-electron chi connectivity index (χ0n) is 9.40. The maximum Gasteiger partial charge on any atom is 0.226 e. The lowest BCUT2D eigenvalue weighted by Gasteiger charge is -2.13. The number of hydrogen-bond acceptors (Lipinski definition) is 5. The Morgan fingerprint density at radius 1 is 1.59 bits per heavy atom. The number of halogens is 1. The van der Waals surface area contributed by atoms with E-state index in [9.17, 15) is 4.21 Å². The molecule has 17 heavy (non-hydrogen) atoms. The van der Waals surface area contributed by atoms with Crippen molar-refractivity contribution in [2.45, 2.75) is 13.0 Å². The van der Waals surface area contributed by atoms with Crippen LogP contribution < -0.4 is 5.32 Å². The summed E-state index contributed by atoms with van der Waals surface area (Å²) in [5, 5.41) is 3.28. The normalized spacial score (nSPS) is 14.8. The number of imidazole rings is 1. The van der Waals surface area contributed by atoms with E-state index in [2.05, 4.69) is 25.3 Å². The molecule has 0 aromatic carbocycles. The van der Waals surface area contributed by atoms with Crippen LogP contribution in [0.15, 0.2) is 6.33 Å². The van der Waals surface area contributed by atoms with Crippen molar-refractivity contribution < 1.29 is 4.21 Å². The molecule has 0 spiro atoms. The monoisotopic (exact) mass is 273 g/mol. The molecule has 0 aliphatic carbocycles. The van der Waals surface area contributed by atoms with E-state index in [0.717, 1.165) is 0 Å². The second kappa shape index (κ2) is 4.97. The Balaban J connectivity index is 2.28. The zero-order valence-corrected chi connectivity index (χ0v) is 11.0. The van der Waals surface area contributed by atoms with E-state index in [1.54, 1.807) is 6.26 Å². The molecule has 2 aromatic heterocycles. The van der Waals surface area contributed by atoms with Crippen LogP contribution >= 0.6 is 11.6 Å². The van der Waals surface area contributed by atoms with Gasteiger partial charge < -0.3 is 10.3 Å². The van der Waals surface area contributed by atoms with Gasteiger partial charge in [-0.3, -0.25) is 4.21 Å². The van der Waals surface area contributed by atoms with Crippen molar-refractivity contribution in [3.05, 3.63) is 11.6 Å². The van der Waals surface area contributed by atoms with Crippen LogP contribution in [-0.2, 0) is 10.8 Å². The summed E-state index contributed by atoms with van der Waals surface area (Å²) >= 11 is 5.79. The quantitative estimate of drug-likeness (QED) is 0.818. The molecule has 2 aromatic rings. The summed E-state index contributed by atoms with van der Waals surface area (Å²) in [7, 11) is -0.864. The van der Waals surface area contributed by atoms with Crippen molar-refractivity contribution in [2.24, 2.45) is 0 Å². The van der Waals surface area contributed by atoms with E-state index >= 15 is 0 Å². The van der Waals surface area contributed by atoms with Crippen molar-refractivity contribution in [3.63, 3.8) is 0 Å². The van der Waals surface area contributed by atoms with Crippen molar-refractivity contribution in [2.75, 3.05) is 17.3 Å². The molecule has 0 fully saturated rings. The first-order valence-corrected chi connectivity index (χ1v) is 7.10. The van der Waals surface area contributed by atoms with E-state index in [0.29, 0.717) is 22.7 Å². The summed E-state index contributed by atoms with van der Waals surface area (Å²) in [5.41, 5.74) is 1.21. The minimum Gasteiger partial charge on any atom is -0.365 e. The van der Waals surface area contributed by atoms with Gasteiger partial charge in [0.15, 0.2) is 11.5 Å². The third-order valence-electron chi connectivity index (χ3n) is 2.13. The molecule has 0 saturated carbocycles. The third kappa shape index (κ3) is 2.92. The van der Waals surface area contributed by atoms with Crippen LogP contribution in [0.25, 0.3) is 11.2 Å². The Labute approximate surface area is 106 Å². The summed E-state index contributed by atoms with van der Waals surface area (Å²) < 4.78 is 11.1. The Morgan fingerprint density at radius 2 is 2.35 bits per heavy atom. The average Bonchev–Trinajstić information content (AvgIpc) is 2.63. The van der Waals surface area contributed by atoms with Gasteiger partial charge in [-0.2, -0.15) is 9.97 Å². The number of H-pyrrole nitrogens is 1. The Hall–Kier alpha value is -1.21. The van der Waals surface area contributed by atoms with Crippen LogP contribution in [0.3, 0.4) is 0 Å². The molecule has 8 heteroatoms. The number of aromatic amines is 1. The van der Waals surface area contributed by atoms with E-state index < -0.39 is 10.8 Å². The molecule has 2 unspecified atom stereocenters. The van der Waals surface area contributed by atoms with Gasteiger partial charge in [0, 0.05) is 28.9 Å². The van der Waals surface area contributed by atoms with Gasteiger partial charge in [-0.1, -0.05) is 0 Å². The van der Waals surface area contributed by atoms with Crippen LogP contribution in [0, 0.1) is 0 Å². The van der Waals surface area contributed by atoms with Crippen LogP contribution in [0.2, 0.25) is 5.28 Å². The first kappa shape index (κ1) is 12.3. The highest BCUT2D eigenvalue weighted by atomic mass is 35.5. The van der Waals surface area contributed by atoms with Crippen molar-refractivity contribution in [1.29, 1.82) is 0 Å². The van der Waals surface area contributed by atoms with E-state index in [-0.39, 0.29) is 11.3 Å². The highest BCUT2D eigenvalue weighted by Crippen LogP contribution is 2.19. The average molecular weight is 274 g/mol. The Bertz CT molecular complexity index is 557. The summed E-state index contributed by atoms with van der Waals surface area (Å²) in [6.45, 7) is 1.93. The van der Waals surface area contributed by atoms with Crippen LogP contribution in [0.5, 0.6) is 0 Å². The summed E-state index contributed by atoms with van der Waals surface area (Å²) in [6, 6.07) is 0.0262. The van der Waals surface area contributed by atoms with Gasteiger partial charge in [-0.05, 0) is 18.5 Å². The van der Waals surface area contributed by atoms with Gasteiger partial charge in [-0.15, -0.1) is 0 Å². The summed E-state index contributed by atoms with van der Waals surface area (Å²) in [5.74, 6) is 1.12. The second-order valence-corrected chi connectivity index (χ2v) is 5.55. The molecular formula is C9H12ClN5OS. The molecule has 0 aliphatic heterocycles. The molecule has 2 N–H and O–H groups in total. The lowest BCUT2D eigenvalue weighted by molar-refractivity contribution is 0.683. The van der Waals surface area contributed by atoms with Gasteiger partial charge in [-0.25, -0.2) is 4.98 Å². The van der Waals surface area contributed by atoms with Crippen molar-refractivity contribution >= 4 is 39.4 Å². The Kier molecular flexibility index (Phi) is 3.58. The molecule has 0 saturated heterocycles. The van der Waals surface area contributed by atoms with Gasteiger partial charge in [0.1, 0.15) is 5.52 Å². The molecular weight excluding hydrogens is 262 g/mol. The van der Waals surface area contributed by atoms with Crippen LogP contribution in [0.1, 0.15) is 6.92 Å². The fraction of sp³-hybridized carbons (Fsp3) is 0.444. The van der Waals surface area contributed by atoms with Gasteiger partial charge >= 0.3 is 0 Å². The van der Waals surface area contributed by atoms with Crippen LogP contribution in [-0.4, -0.2) is 42.2 Å². The minimum absolute atomic E-state index is 0.0262. The molecule has 6 nitrogen and oxygen atoms in total. The zero-order chi connectivity index (χ0) is 12.4. The fourth-order valence-corrected chi connectivity index (χ4v) is 2.49. The molecule has 92 valence electrons. The SMILES string of the molecule is CC(CS(C)=O)Nc1nc(Cl)nc2nc[nH]c12. The highest BCUT2D eigenvalue weighted by Gasteiger charge is 2.12. The molecule has 2 heterocycles. The smallest absolute Gasteiger partial charge is 0.226 e. The standard InChI is InChI=1S/C9H12ClN5OS/c1-5(3-17(2)16)13-8-6-7(12-4-11-6)14-9(10)15-8/h4-5H,3H2,1-2H3,(H2,11,12,13,14,15). The van der Waals surface area contributed by atoms with E-state index in [4.69, 9.17) is 11.6 Å². The predicted octanol–water partition coefficient (Wildman–Crippen LogP) is 1.19. The lowest BCUT2D eigenvalue weighted by atomic mass is 10.4. The predicted molar refractivity (Wildman–Crippen MR) is 68.7 cm³/mol. The molecule has 0 aliphatic rings. The molecule has 0 radical (unpaired) electrons. The number of nitrogens with one attached hydrogen (secondary N) is 2. The molecule has 0 bridgehead atoms. The van der Waals surface area contributed by atoms with E-state index in [1.807, 2.05) is 6.92 Å². The van der Waals surface area contributed by atoms with Gasteiger partial charge in [0.25, 0.3) is 0 Å². The topological polar surface area (TPSA) is 83.6 Å². The highest BCUT2D eigenvalue weighted by molar-refractivity contribution is 7.84. The van der Waals surface area contributed by atoms with Crippen molar-refractivity contribution in [3.8, 4) is 0 Å². The molecule has 0 amide bonds. The third-order valence-corrected chi connectivity index (χ3v) is 3.26. The largest absolute Gasteiger partial charge is 0.365 e. The van der Waals surface area contributed by atoms with Gasteiger partial charge in [0.2, 0.25) is 5.28 Å². The number of aromatic nitrogens is 4. The minimum atomic E-state index is -0.864. The molecule has 2 atom stereocenters. The summed E-state index contributed by atoms with van der Waals surface area (Å²) in [4.78, 5) is 15.0. The Morgan fingerprint density at radius 3 is 3.06 bits per heavy atom. The lowest BCUT2D eigenvalue weighted by Crippen LogP contribution is -2.23. The maximum absolute atomic E-state index is 11.1. The fourth-order valence-electron chi connectivity index (χ4n) is 1.54. The van der Waals surface area contributed by atoms with Crippen molar-refractivity contribution in [1.82, 2.24) is 19.9 Å². The van der Waals surface area contributed by atoms with Crippen LogP contribution in [0.4, 0.5) is 5.82 Å². The number of hydrogen-bond donors (Lipinski definition) is 2. The first-order valence-electron chi connectivity index (χ1n) is 4.99. The number of fused-ring (bicyclic) bond motifs is 1. The maximum atomic E-state index is 11.1. The number of nitrogens with zero attached hydrogens (tertiary/aromatic N) is 3. The van der Waals surface area contributed by atoms with Gasteiger partial charge in [0.05, 0.1) is 6.33 Å². The number of rotatable bonds is 4. The van der Waals surface area contributed by atoms with E-state index in [1.165, 1.54) is 6.33 Å². The second-order valence-electron chi connectivity index (χ2n) is 3.73. The number of anilines is 1.